The number of methoxy groups -OCH3 is 1. The number of hydrogen-bond donors (Lipinski definition) is 1. The largest absolute Gasteiger partial charge is 0.469 e. The summed E-state index contributed by atoms with van der Waals surface area (Å²) in [6.45, 7) is 3.55. The molecule has 0 radical (unpaired) electrons. The maximum atomic E-state index is 13.4. The monoisotopic (exact) mass is 273 g/mol. The predicted molar refractivity (Wildman–Crippen MR) is 69.1 cm³/mol. The van der Waals surface area contributed by atoms with Gasteiger partial charge in [-0.15, -0.1) is 0 Å². The number of carbonyl (C=O) groups is 1. The molecule has 0 aliphatic carbocycles. The SMILES string of the molecule is COC(=O)CC(c1cc(F)cc(Cl)c1)C(C)(C)N. The van der Waals surface area contributed by atoms with Crippen LogP contribution in [0.15, 0.2) is 18.2 Å². The van der Waals surface area contributed by atoms with Crippen LogP contribution in [0.3, 0.4) is 0 Å². The van der Waals surface area contributed by atoms with Crippen molar-refractivity contribution in [2.45, 2.75) is 31.7 Å². The Bertz CT molecular complexity index is 423. The number of esters is 1. The number of halogens is 2. The van der Waals surface area contributed by atoms with Gasteiger partial charge in [0.05, 0.1) is 13.5 Å². The van der Waals surface area contributed by atoms with E-state index in [9.17, 15) is 9.18 Å². The molecule has 0 saturated carbocycles. The highest BCUT2D eigenvalue weighted by Crippen LogP contribution is 2.32. The molecule has 0 aliphatic heterocycles. The molecule has 0 aliphatic rings. The lowest BCUT2D eigenvalue weighted by molar-refractivity contribution is -0.141. The van der Waals surface area contributed by atoms with Gasteiger partial charge in [-0.25, -0.2) is 4.39 Å². The predicted octanol–water partition coefficient (Wildman–Crippen LogP) is 2.86. The second-order valence-electron chi connectivity index (χ2n) is 4.86. The van der Waals surface area contributed by atoms with Crippen LogP contribution in [0.25, 0.3) is 0 Å². The van der Waals surface area contributed by atoms with Crippen molar-refractivity contribution in [3.63, 3.8) is 0 Å². The molecule has 3 nitrogen and oxygen atoms in total. The number of benzene rings is 1. The number of hydrogen-bond acceptors (Lipinski definition) is 3. The molecule has 1 aromatic carbocycles. The van der Waals surface area contributed by atoms with E-state index in [2.05, 4.69) is 4.74 Å². The molecular weight excluding hydrogens is 257 g/mol. The van der Waals surface area contributed by atoms with E-state index in [-0.39, 0.29) is 23.3 Å². The van der Waals surface area contributed by atoms with E-state index in [1.165, 1.54) is 19.2 Å². The maximum absolute atomic E-state index is 13.4. The average Bonchev–Trinajstić information content (AvgIpc) is 2.22. The third-order valence-corrected chi connectivity index (χ3v) is 3.00. The summed E-state index contributed by atoms with van der Waals surface area (Å²) in [7, 11) is 1.31. The third kappa shape index (κ3) is 3.96. The van der Waals surface area contributed by atoms with Gasteiger partial charge >= 0.3 is 5.97 Å². The Morgan fingerprint density at radius 3 is 2.56 bits per heavy atom. The summed E-state index contributed by atoms with van der Waals surface area (Å²) in [5.74, 6) is -1.20. The Labute approximate surface area is 111 Å². The highest BCUT2D eigenvalue weighted by atomic mass is 35.5. The fourth-order valence-electron chi connectivity index (χ4n) is 1.84. The van der Waals surface area contributed by atoms with Crippen molar-refractivity contribution in [1.82, 2.24) is 0 Å². The van der Waals surface area contributed by atoms with Crippen molar-refractivity contribution < 1.29 is 13.9 Å². The Balaban J connectivity index is 3.13. The molecule has 0 aromatic heterocycles. The first-order valence-corrected chi connectivity index (χ1v) is 5.93. The van der Waals surface area contributed by atoms with E-state index >= 15 is 0 Å². The standard InChI is InChI=1S/C13H17ClFNO2/c1-13(2,16)11(7-12(17)18-3)8-4-9(14)6-10(15)5-8/h4-6,11H,7,16H2,1-3H3. The summed E-state index contributed by atoms with van der Waals surface area (Å²) in [6.07, 6.45) is 0.0831. The van der Waals surface area contributed by atoms with Crippen molar-refractivity contribution in [2.75, 3.05) is 7.11 Å². The Morgan fingerprint density at radius 1 is 1.50 bits per heavy atom. The number of carbonyl (C=O) groups excluding carboxylic acids is 1. The molecule has 0 bridgehead atoms. The Morgan fingerprint density at radius 2 is 2.11 bits per heavy atom. The minimum atomic E-state index is -0.689. The quantitative estimate of drug-likeness (QED) is 0.858. The van der Waals surface area contributed by atoms with Crippen LogP contribution in [0, 0.1) is 5.82 Å². The minimum Gasteiger partial charge on any atom is -0.469 e. The molecule has 100 valence electrons. The number of rotatable bonds is 4. The maximum Gasteiger partial charge on any atom is 0.306 e. The van der Waals surface area contributed by atoms with Gasteiger partial charge in [0.15, 0.2) is 0 Å². The molecule has 0 fully saturated rings. The van der Waals surface area contributed by atoms with Crippen LogP contribution in [-0.2, 0) is 9.53 Å². The van der Waals surface area contributed by atoms with E-state index < -0.39 is 11.4 Å². The molecular formula is C13H17ClFNO2. The molecule has 0 saturated heterocycles. The summed E-state index contributed by atoms with van der Waals surface area (Å²) in [6, 6.07) is 4.17. The Kier molecular flexibility index (Phi) is 4.71. The van der Waals surface area contributed by atoms with E-state index in [1.807, 2.05) is 0 Å². The Hall–Kier alpha value is -1.13. The lowest BCUT2D eigenvalue weighted by atomic mass is 9.80. The molecule has 1 rings (SSSR count). The summed E-state index contributed by atoms with van der Waals surface area (Å²) < 4.78 is 18.0. The van der Waals surface area contributed by atoms with Gasteiger partial charge in [-0.1, -0.05) is 11.6 Å². The molecule has 18 heavy (non-hydrogen) atoms. The van der Waals surface area contributed by atoms with E-state index in [4.69, 9.17) is 17.3 Å². The number of ether oxygens (including phenoxy) is 1. The molecule has 0 amide bonds. The van der Waals surface area contributed by atoms with Gasteiger partial charge in [0, 0.05) is 16.5 Å². The van der Waals surface area contributed by atoms with Crippen molar-refractivity contribution in [3.05, 3.63) is 34.6 Å². The number of nitrogens with two attached hydrogens (primary N) is 1. The van der Waals surface area contributed by atoms with Crippen LogP contribution in [0.2, 0.25) is 5.02 Å². The van der Waals surface area contributed by atoms with Crippen molar-refractivity contribution >= 4 is 17.6 Å². The minimum absolute atomic E-state index is 0.0831. The van der Waals surface area contributed by atoms with Crippen molar-refractivity contribution in [2.24, 2.45) is 5.73 Å². The zero-order chi connectivity index (χ0) is 13.9. The molecule has 1 atom stereocenters. The van der Waals surface area contributed by atoms with Gasteiger partial charge in [0.25, 0.3) is 0 Å². The highest BCUT2D eigenvalue weighted by Gasteiger charge is 2.30. The van der Waals surface area contributed by atoms with Gasteiger partial charge in [0.2, 0.25) is 0 Å². The van der Waals surface area contributed by atoms with Gasteiger partial charge in [-0.05, 0) is 37.6 Å². The lowest BCUT2D eigenvalue weighted by Crippen LogP contribution is -2.40. The second-order valence-corrected chi connectivity index (χ2v) is 5.29. The van der Waals surface area contributed by atoms with E-state index in [0.29, 0.717) is 5.56 Å². The summed E-state index contributed by atoms with van der Waals surface area (Å²) in [5.41, 5.74) is 5.95. The van der Waals surface area contributed by atoms with Gasteiger partial charge in [-0.2, -0.15) is 0 Å². The fourth-order valence-corrected chi connectivity index (χ4v) is 2.07. The zero-order valence-electron chi connectivity index (χ0n) is 10.7. The van der Waals surface area contributed by atoms with Gasteiger partial charge in [-0.3, -0.25) is 4.79 Å². The highest BCUT2D eigenvalue weighted by molar-refractivity contribution is 6.30. The normalized spacial score (nSPS) is 13.2. The van der Waals surface area contributed by atoms with E-state index in [0.717, 1.165) is 0 Å². The van der Waals surface area contributed by atoms with Gasteiger partial charge < -0.3 is 10.5 Å². The smallest absolute Gasteiger partial charge is 0.306 e. The van der Waals surface area contributed by atoms with Gasteiger partial charge in [0.1, 0.15) is 5.82 Å². The molecule has 1 unspecified atom stereocenters. The van der Waals surface area contributed by atoms with Crippen LogP contribution in [0.5, 0.6) is 0 Å². The lowest BCUT2D eigenvalue weighted by Gasteiger charge is -2.30. The third-order valence-electron chi connectivity index (χ3n) is 2.78. The van der Waals surface area contributed by atoms with Crippen LogP contribution in [0.4, 0.5) is 4.39 Å². The molecule has 2 N–H and O–H groups in total. The van der Waals surface area contributed by atoms with Crippen LogP contribution in [-0.4, -0.2) is 18.6 Å². The summed E-state index contributed by atoms with van der Waals surface area (Å²) in [4.78, 5) is 11.4. The first kappa shape index (κ1) is 14.9. The zero-order valence-corrected chi connectivity index (χ0v) is 11.4. The summed E-state index contributed by atoms with van der Waals surface area (Å²) in [5, 5.41) is 0.282. The van der Waals surface area contributed by atoms with Crippen LogP contribution < -0.4 is 5.73 Å². The molecule has 0 spiro atoms. The summed E-state index contributed by atoms with van der Waals surface area (Å²) >= 11 is 5.82. The first-order chi connectivity index (χ1) is 8.24. The molecule has 0 heterocycles. The van der Waals surface area contributed by atoms with Crippen molar-refractivity contribution in [1.29, 1.82) is 0 Å². The van der Waals surface area contributed by atoms with E-state index in [1.54, 1.807) is 19.9 Å². The molecule has 1 aromatic rings. The fraction of sp³-hybridized carbons (Fsp3) is 0.462. The van der Waals surface area contributed by atoms with Crippen molar-refractivity contribution in [3.8, 4) is 0 Å². The topological polar surface area (TPSA) is 52.3 Å². The van der Waals surface area contributed by atoms with Crippen LogP contribution >= 0.6 is 11.6 Å². The molecule has 5 heteroatoms. The first-order valence-electron chi connectivity index (χ1n) is 5.55. The second kappa shape index (κ2) is 5.67. The van der Waals surface area contributed by atoms with Crippen LogP contribution in [0.1, 0.15) is 31.7 Å². The average molecular weight is 274 g/mol.